The summed E-state index contributed by atoms with van der Waals surface area (Å²) in [7, 11) is 0. The second-order valence-electron chi connectivity index (χ2n) is 6.52. The Labute approximate surface area is 142 Å². The lowest BCUT2D eigenvalue weighted by Gasteiger charge is -2.33. The van der Waals surface area contributed by atoms with Crippen LogP contribution in [-0.2, 0) is 15.8 Å². The number of piperidine rings is 1. The number of carboxylic acid groups (broad SMARTS) is 1. The van der Waals surface area contributed by atoms with Gasteiger partial charge in [-0.25, -0.2) is 4.98 Å². The van der Waals surface area contributed by atoms with E-state index in [9.17, 15) is 22.8 Å². The van der Waals surface area contributed by atoms with Gasteiger partial charge in [0.05, 0.1) is 5.56 Å². The van der Waals surface area contributed by atoms with E-state index in [-0.39, 0.29) is 6.04 Å². The van der Waals surface area contributed by atoms with E-state index in [2.05, 4.69) is 10.3 Å². The van der Waals surface area contributed by atoms with Crippen LogP contribution in [0.25, 0.3) is 0 Å². The number of hydrogen-bond donors (Lipinski definition) is 2. The van der Waals surface area contributed by atoms with E-state index in [1.807, 2.05) is 4.90 Å². The SMILES string of the molecule is O=C(O)C1(C(=O)NC2CCN(c3ccc(C(F)(F)F)cn3)CC2)CC1. The first-order chi connectivity index (χ1) is 11.7. The van der Waals surface area contributed by atoms with Crippen LogP contribution in [0.15, 0.2) is 18.3 Å². The molecule has 2 aliphatic rings. The number of anilines is 1. The number of halogens is 3. The molecule has 1 aromatic heterocycles. The molecule has 1 aromatic rings. The molecule has 6 nitrogen and oxygen atoms in total. The monoisotopic (exact) mass is 357 g/mol. The number of aliphatic carboxylic acids is 1. The van der Waals surface area contributed by atoms with Crippen LogP contribution < -0.4 is 10.2 Å². The lowest BCUT2D eigenvalue weighted by Crippen LogP contribution is -2.48. The number of alkyl halides is 3. The summed E-state index contributed by atoms with van der Waals surface area (Å²) in [4.78, 5) is 29.0. The van der Waals surface area contributed by atoms with Gasteiger partial charge in [-0.15, -0.1) is 0 Å². The smallest absolute Gasteiger partial charge is 0.417 e. The Bertz CT molecular complexity index is 663. The highest BCUT2D eigenvalue weighted by molar-refractivity contribution is 6.04. The molecule has 9 heteroatoms. The van der Waals surface area contributed by atoms with Gasteiger partial charge in [0.25, 0.3) is 0 Å². The predicted molar refractivity (Wildman–Crippen MR) is 81.9 cm³/mol. The number of carbonyl (C=O) groups is 2. The maximum Gasteiger partial charge on any atom is 0.417 e. The van der Waals surface area contributed by atoms with Gasteiger partial charge in [-0.2, -0.15) is 13.2 Å². The molecule has 2 fully saturated rings. The molecular weight excluding hydrogens is 339 g/mol. The Hall–Kier alpha value is -2.32. The normalized spacial score (nSPS) is 20.2. The van der Waals surface area contributed by atoms with Gasteiger partial charge in [-0.05, 0) is 37.8 Å². The third-order valence-electron chi connectivity index (χ3n) is 4.82. The number of pyridine rings is 1. The van der Waals surface area contributed by atoms with Crippen LogP contribution in [0.4, 0.5) is 19.0 Å². The lowest BCUT2D eigenvalue weighted by molar-refractivity contribution is -0.149. The zero-order valence-electron chi connectivity index (χ0n) is 13.3. The van der Waals surface area contributed by atoms with Crippen molar-refractivity contribution in [3.63, 3.8) is 0 Å². The van der Waals surface area contributed by atoms with Gasteiger partial charge in [0, 0.05) is 25.3 Å². The minimum absolute atomic E-state index is 0.130. The number of rotatable bonds is 4. The van der Waals surface area contributed by atoms with Crippen molar-refractivity contribution in [2.24, 2.45) is 5.41 Å². The molecule has 1 amide bonds. The van der Waals surface area contributed by atoms with Gasteiger partial charge in [0.15, 0.2) is 0 Å². The molecule has 0 atom stereocenters. The molecule has 0 radical (unpaired) electrons. The van der Waals surface area contributed by atoms with Crippen LogP contribution in [0.5, 0.6) is 0 Å². The molecule has 0 bridgehead atoms. The van der Waals surface area contributed by atoms with Gasteiger partial charge in [-0.3, -0.25) is 9.59 Å². The summed E-state index contributed by atoms with van der Waals surface area (Å²) in [6.07, 6.45) is -1.70. The third kappa shape index (κ3) is 3.54. The second-order valence-corrected chi connectivity index (χ2v) is 6.52. The van der Waals surface area contributed by atoms with Crippen LogP contribution in [0.1, 0.15) is 31.2 Å². The Balaban J connectivity index is 1.54. The van der Waals surface area contributed by atoms with Crippen molar-refractivity contribution >= 4 is 17.7 Å². The first-order valence-corrected chi connectivity index (χ1v) is 8.05. The predicted octanol–water partition coefficient (Wildman–Crippen LogP) is 2.05. The standard InChI is InChI=1S/C16H18F3N3O3/c17-16(18,19)10-1-2-12(20-9-10)22-7-3-11(4-8-22)21-13(23)15(5-6-15)14(24)25/h1-2,9,11H,3-8H2,(H,21,23)(H,24,25). The van der Waals surface area contributed by atoms with Gasteiger partial charge in [0.1, 0.15) is 11.2 Å². The first-order valence-electron chi connectivity index (χ1n) is 8.05. The molecule has 1 saturated heterocycles. The number of nitrogens with zero attached hydrogens (tertiary/aromatic N) is 2. The number of aromatic nitrogens is 1. The number of hydrogen-bond acceptors (Lipinski definition) is 4. The van der Waals surface area contributed by atoms with Crippen molar-refractivity contribution in [2.75, 3.05) is 18.0 Å². The molecule has 0 unspecified atom stereocenters. The average Bonchev–Trinajstić information content (AvgIpc) is 3.37. The summed E-state index contributed by atoms with van der Waals surface area (Å²) < 4.78 is 37.7. The van der Waals surface area contributed by atoms with Gasteiger partial charge < -0.3 is 15.3 Å². The summed E-state index contributed by atoms with van der Waals surface area (Å²) in [5.74, 6) is -1.07. The van der Waals surface area contributed by atoms with E-state index in [1.54, 1.807) is 0 Å². The van der Waals surface area contributed by atoms with Gasteiger partial charge in [0.2, 0.25) is 5.91 Å². The number of amides is 1. The minimum atomic E-state index is -4.41. The highest BCUT2D eigenvalue weighted by Crippen LogP contribution is 2.46. The van der Waals surface area contributed by atoms with Crippen LogP contribution in [-0.4, -0.2) is 41.1 Å². The van der Waals surface area contributed by atoms with Gasteiger partial charge >= 0.3 is 12.1 Å². The Kier molecular flexibility index (Phi) is 4.34. The fraction of sp³-hybridized carbons (Fsp3) is 0.562. The summed E-state index contributed by atoms with van der Waals surface area (Å²) in [6.45, 7) is 1.06. The maximum atomic E-state index is 12.6. The van der Waals surface area contributed by atoms with Crippen molar-refractivity contribution < 1.29 is 27.9 Å². The van der Waals surface area contributed by atoms with E-state index in [4.69, 9.17) is 5.11 Å². The number of carboxylic acids is 1. The summed E-state index contributed by atoms with van der Waals surface area (Å²) >= 11 is 0. The minimum Gasteiger partial charge on any atom is -0.480 e. The molecular formula is C16H18F3N3O3. The van der Waals surface area contributed by atoms with Crippen LogP contribution in [0, 0.1) is 5.41 Å². The molecule has 0 aromatic carbocycles. The zero-order chi connectivity index (χ0) is 18.2. The fourth-order valence-corrected chi connectivity index (χ4v) is 2.98. The summed E-state index contributed by atoms with van der Waals surface area (Å²) in [5, 5.41) is 11.9. The molecule has 3 rings (SSSR count). The molecule has 2 N–H and O–H groups in total. The van der Waals surface area contributed by atoms with Crippen molar-refractivity contribution in [3.8, 4) is 0 Å². The van der Waals surface area contributed by atoms with Crippen molar-refractivity contribution in [2.45, 2.75) is 37.9 Å². The van der Waals surface area contributed by atoms with E-state index >= 15 is 0 Å². The molecule has 136 valence electrons. The molecule has 25 heavy (non-hydrogen) atoms. The van der Waals surface area contributed by atoms with Crippen molar-refractivity contribution in [1.29, 1.82) is 0 Å². The second kappa shape index (κ2) is 6.20. The fourth-order valence-electron chi connectivity index (χ4n) is 2.98. The third-order valence-corrected chi connectivity index (χ3v) is 4.82. The first kappa shape index (κ1) is 17.5. The topological polar surface area (TPSA) is 82.5 Å². The van der Waals surface area contributed by atoms with Crippen molar-refractivity contribution in [3.05, 3.63) is 23.9 Å². The van der Waals surface area contributed by atoms with E-state index < -0.39 is 29.0 Å². The highest BCUT2D eigenvalue weighted by atomic mass is 19.4. The van der Waals surface area contributed by atoms with E-state index in [1.165, 1.54) is 6.07 Å². The largest absolute Gasteiger partial charge is 0.480 e. The number of nitrogens with one attached hydrogen (secondary N) is 1. The molecule has 0 spiro atoms. The highest BCUT2D eigenvalue weighted by Gasteiger charge is 2.57. The Morgan fingerprint density at radius 1 is 1.24 bits per heavy atom. The Morgan fingerprint density at radius 3 is 2.32 bits per heavy atom. The van der Waals surface area contributed by atoms with Crippen LogP contribution >= 0.6 is 0 Å². The quantitative estimate of drug-likeness (QED) is 0.806. The Morgan fingerprint density at radius 2 is 1.88 bits per heavy atom. The average molecular weight is 357 g/mol. The maximum absolute atomic E-state index is 12.6. The summed E-state index contributed by atoms with van der Waals surface area (Å²) in [5.41, 5.74) is -2.05. The van der Waals surface area contributed by atoms with Crippen LogP contribution in [0.3, 0.4) is 0 Å². The molecule has 1 aliphatic heterocycles. The van der Waals surface area contributed by atoms with E-state index in [0.29, 0.717) is 44.6 Å². The molecule has 1 aliphatic carbocycles. The van der Waals surface area contributed by atoms with Crippen molar-refractivity contribution in [1.82, 2.24) is 10.3 Å². The zero-order valence-corrected chi connectivity index (χ0v) is 13.3. The molecule has 2 heterocycles. The number of carbonyl (C=O) groups excluding carboxylic acids is 1. The van der Waals surface area contributed by atoms with Crippen LogP contribution in [0.2, 0.25) is 0 Å². The lowest BCUT2D eigenvalue weighted by atomic mass is 10.0. The molecule has 1 saturated carbocycles. The summed E-state index contributed by atoms with van der Waals surface area (Å²) in [6, 6.07) is 2.21. The van der Waals surface area contributed by atoms with E-state index in [0.717, 1.165) is 12.3 Å². The van der Waals surface area contributed by atoms with Gasteiger partial charge in [-0.1, -0.05) is 0 Å².